The van der Waals surface area contributed by atoms with Crippen molar-refractivity contribution < 1.29 is 4.79 Å². The monoisotopic (exact) mass is 285 g/mol. The quantitative estimate of drug-likeness (QED) is 0.856. The number of hydrogen-bond donors (Lipinski definition) is 2. The van der Waals surface area contributed by atoms with Crippen LogP contribution >= 0.6 is 0 Å². The second-order valence-corrected chi connectivity index (χ2v) is 4.96. The summed E-state index contributed by atoms with van der Waals surface area (Å²) in [6.07, 6.45) is 0. The number of nitrogens with zero attached hydrogens (tertiary/aromatic N) is 1. The molecule has 4 nitrogen and oxygen atoms in total. The summed E-state index contributed by atoms with van der Waals surface area (Å²) in [4.78, 5) is 14.0. The highest BCUT2D eigenvalue weighted by molar-refractivity contribution is 5.97. The molecule has 2 aromatic carbocycles. The van der Waals surface area contributed by atoms with Gasteiger partial charge in [-0.1, -0.05) is 30.3 Å². The van der Waals surface area contributed by atoms with E-state index < -0.39 is 0 Å². The highest BCUT2D eigenvalue weighted by Gasteiger charge is 2.13. The third kappa shape index (κ3) is 3.34. The predicted molar refractivity (Wildman–Crippen MR) is 88.4 cm³/mol. The van der Waals surface area contributed by atoms with E-state index >= 15 is 0 Å². The SMILES string of the molecule is CCNC(=O)CN(CC)c1ccc(CN)c2ccccc12. The molecule has 0 spiro atoms. The van der Waals surface area contributed by atoms with Crippen LogP contribution in [0.15, 0.2) is 36.4 Å². The van der Waals surface area contributed by atoms with Crippen LogP contribution in [-0.2, 0) is 11.3 Å². The molecule has 0 aliphatic heterocycles. The molecular formula is C17H23N3O. The van der Waals surface area contributed by atoms with Crippen LogP contribution in [0, 0.1) is 0 Å². The molecule has 0 aliphatic carbocycles. The molecule has 4 heteroatoms. The number of nitrogens with two attached hydrogens (primary N) is 1. The standard InChI is InChI=1S/C17H23N3O/c1-3-19-17(21)12-20(4-2)16-10-9-13(11-18)14-7-5-6-8-15(14)16/h5-10H,3-4,11-12,18H2,1-2H3,(H,19,21). The van der Waals surface area contributed by atoms with Crippen molar-refractivity contribution in [3.8, 4) is 0 Å². The number of anilines is 1. The van der Waals surface area contributed by atoms with Crippen molar-refractivity contribution >= 4 is 22.4 Å². The molecule has 3 N–H and O–H groups in total. The van der Waals surface area contributed by atoms with E-state index in [0.29, 0.717) is 19.6 Å². The van der Waals surface area contributed by atoms with Crippen LogP contribution in [0.2, 0.25) is 0 Å². The fourth-order valence-corrected chi connectivity index (χ4v) is 2.59. The van der Waals surface area contributed by atoms with Gasteiger partial charge in [0.05, 0.1) is 6.54 Å². The molecular weight excluding hydrogens is 262 g/mol. The van der Waals surface area contributed by atoms with Crippen molar-refractivity contribution in [2.75, 3.05) is 24.5 Å². The molecule has 0 saturated heterocycles. The number of nitrogens with one attached hydrogen (secondary N) is 1. The Morgan fingerprint density at radius 3 is 2.48 bits per heavy atom. The fraction of sp³-hybridized carbons (Fsp3) is 0.353. The second-order valence-electron chi connectivity index (χ2n) is 4.96. The van der Waals surface area contributed by atoms with Gasteiger partial charge in [0.1, 0.15) is 0 Å². The largest absolute Gasteiger partial charge is 0.362 e. The number of amides is 1. The van der Waals surface area contributed by atoms with Gasteiger partial charge in [0.2, 0.25) is 5.91 Å². The Hall–Kier alpha value is -2.07. The molecule has 0 bridgehead atoms. The van der Waals surface area contributed by atoms with E-state index in [9.17, 15) is 4.79 Å². The van der Waals surface area contributed by atoms with Crippen LogP contribution in [0.3, 0.4) is 0 Å². The Bertz CT molecular complexity index is 624. The first kappa shape index (κ1) is 15.3. The lowest BCUT2D eigenvalue weighted by Gasteiger charge is -2.24. The van der Waals surface area contributed by atoms with Gasteiger partial charge in [0.15, 0.2) is 0 Å². The van der Waals surface area contributed by atoms with Crippen molar-refractivity contribution in [2.45, 2.75) is 20.4 Å². The number of rotatable bonds is 6. The molecule has 0 saturated carbocycles. The number of carbonyl (C=O) groups excluding carboxylic acids is 1. The zero-order valence-corrected chi connectivity index (χ0v) is 12.7. The molecule has 0 radical (unpaired) electrons. The first-order valence-electron chi connectivity index (χ1n) is 7.43. The highest BCUT2D eigenvalue weighted by atomic mass is 16.2. The lowest BCUT2D eigenvalue weighted by atomic mass is 10.0. The van der Waals surface area contributed by atoms with Crippen molar-refractivity contribution in [3.63, 3.8) is 0 Å². The number of hydrogen-bond acceptors (Lipinski definition) is 3. The van der Waals surface area contributed by atoms with E-state index in [1.807, 2.05) is 19.1 Å². The predicted octanol–water partition coefficient (Wildman–Crippen LogP) is 2.26. The van der Waals surface area contributed by atoms with E-state index in [1.165, 1.54) is 0 Å². The molecule has 0 unspecified atom stereocenters. The van der Waals surface area contributed by atoms with Gasteiger partial charge < -0.3 is 16.0 Å². The van der Waals surface area contributed by atoms with E-state index in [4.69, 9.17) is 5.73 Å². The maximum atomic E-state index is 11.9. The lowest BCUT2D eigenvalue weighted by molar-refractivity contribution is -0.119. The number of benzene rings is 2. The first-order chi connectivity index (χ1) is 10.2. The minimum Gasteiger partial charge on any atom is -0.362 e. The summed E-state index contributed by atoms with van der Waals surface area (Å²) in [5.41, 5.74) is 8.03. The fourth-order valence-electron chi connectivity index (χ4n) is 2.59. The van der Waals surface area contributed by atoms with Gasteiger partial charge in [-0.3, -0.25) is 4.79 Å². The Kier molecular flexibility index (Phi) is 5.17. The number of fused-ring (bicyclic) bond motifs is 1. The lowest BCUT2D eigenvalue weighted by Crippen LogP contribution is -2.37. The van der Waals surface area contributed by atoms with E-state index in [0.717, 1.165) is 28.6 Å². The summed E-state index contributed by atoms with van der Waals surface area (Å²) in [7, 11) is 0. The zero-order chi connectivity index (χ0) is 15.2. The zero-order valence-electron chi connectivity index (χ0n) is 12.7. The Morgan fingerprint density at radius 2 is 1.86 bits per heavy atom. The molecule has 0 atom stereocenters. The molecule has 2 aromatic rings. The normalized spacial score (nSPS) is 10.6. The van der Waals surface area contributed by atoms with E-state index in [-0.39, 0.29) is 5.91 Å². The summed E-state index contributed by atoms with van der Waals surface area (Å²) < 4.78 is 0. The van der Waals surface area contributed by atoms with Gasteiger partial charge in [-0.25, -0.2) is 0 Å². The summed E-state index contributed by atoms with van der Waals surface area (Å²) in [6, 6.07) is 12.3. The van der Waals surface area contributed by atoms with Crippen LogP contribution < -0.4 is 16.0 Å². The van der Waals surface area contributed by atoms with Crippen LogP contribution in [0.25, 0.3) is 10.8 Å². The van der Waals surface area contributed by atoms with Gasteiger partial charge in [-0.05, 0) is 30.9 Å². The number of likely N-dealkylation sites (N-methyl/N-ethyl adjacent to an activating group) is 2. The summed E-state index contributed by atoms with van der Waals surface area (Å²) in [5.74, 6) is 0.0475. The first-order valence-corrected chi connectivity index (χ1v) is 7.43. The molecule has 112 valence electrons. The maximum absolute atomic E-state index is 11.9. The van der Waals surface area contributed by atoms with Gasteiger partial charge in [-0.2, -0.15) is 0 Å². The molecule has 0 heterocycles. The smallest absolute Gasteiger partial charge is 0.239 e. The van der Waals surface area contributed by atoms with Crippen molar-refractivity contribution in [1.29, 1.82) is 0 Å². The third-order valence-corrected chi connectivity index (χ3v) is 3.64. The summed E-state index contributed by atoms with van der Waals surface area (Å²) in [5, 5.41) is 5.15. The van der Waals surface area contributed by atoms with Crippen LogP contribution in [0.4, 0.5) is 5.69 Å². The van der Waals surface area contributed by atoms with Crippen molar-refractivity contribution in [3.05, 3.63) is 42.0 Å². The molecule has 1 amide bonds. The third-order valence-electron chi connectivity index (χ3n) is 3.64. The average molecular weight is 285 g/mol. The molecule has 0 aliphatic rings. The second kappa shape index (κ2) is 7.09. The maximum Gasteiger partial charge on any atom is 0.239 e. The molecule has 21 heavy (non-hydrogen) atoms. The highest BCUT2D eigenvalue weighted by Crippen LogP contribution is 2.29. The minimum atomic E-state index is 0.0475. The summed E-state index contributed by atoms with van der Waals surface area (Å²) in [6.45, 7) is 6.32. The van der Waals surface area contributed by atoms with Crippen molar-refractivity contribution in [2.24, 2.45) is 5.73 Å². The topological polar surface area (TPSA) is 58.4 Å². The molecule has 2 rings (SSSR count). The van der Waals surface area contributed by atoms with Gasteiger partial charge in [-0.15, -0.1) is 0 Å². The van der Waals surface area contributed by atoms with E-state index in [2.05, 4.69) is 41.4 Å². The minimum absolute atomic E-state index is 0.0475. The van der Waals surface area contributed by atoms with Crippen molar-refractivity contribution in [1.82, 2.24) is 5.32 Å². The van der Waals surface area contributed by atoms with Gasteiger partial charge in [0, 0.05) is 30.7 Å². The molecule has 0 aromatic heterocycles. The van der Waals surface area contributed by atoms with E-state index in [1.54, 1.807) is 0 Å². The Morgan fingerprint density at radius 1 is 1.14 bits per heavy atom. The van der Waals surface area contributed by atoms with Crippen LogP contribution in [0.1, 0.15) is 19.4 Å². The summed E-state index contributed by atoms with van der Waals surface area (Å²) >= 11 is 0. The van der Waals surface area contributed by atoms with Crippen LogP contribution in [0.5, 0.6) is 0 Å². The van der Waals surface area contributed by atoms with Crippen LogP contribution in [-0.4, -0.2) is 25.5 Å². The molecule has 0 fully saturated rings. The average Bonchev–Trinajstić information content (AvgIpc) is 2.52. The Labute approximate surface area is 125 Å². The number of carbonyl (C=O) groups is 1. The van der Waals surface area contributed by atoms with Gasteiger partial charge >= 0.3 is 0 Å². The Balaban J connectivity index is 2.42. The van der Waals surface area contributed by atoms with Gasteiger partial charge in [0.25, 0.3) is 0 Å².